The summed E-state index contributed by atoms with van der Waals surface area (Å²) >= 11 is 0. The van der Waals surface area contributed by atoms with Crippen molar-refractivity contribution in [3.8, 4) is 6.07 Å². The molecule has 0 N–H and O–H groups in total. The van der Waals surface area contributed by atoms with Gasteiger partial charge in [-0.1, -0.05) is 5.57 Å². The Morgan fingerprint density at radius 3 is 2.81 bits per heavy atom. The number of allylic oxidation sites excluding steroid dienone is 1. The van der Waals surface area contributed by atoms with E-state index in [0.717, 1.165) is 44.5 Å². The maximum Gasteiger partial charge on any atom is 0.228 e. The minimum Gasteiger partial charge on any atom is -0.496 e. The number of ether oxygens (including phenoxy) is 1. The van der Waals surface area contributed by atoms with Crippen LogP contribution in [0.25, 0.3) is 0 Å². The van der Waals surface area contributed by atoms with Gasteiger partial charge in [0.05, 0.1) is 11.8 Å². The van der Waals surface area contributed by atoms with Crippen LogP contribution in [0.1, 0.15) is 44.6 Å². The van der Waals surface area contributed by atoms with Crippen LogP contribution in [0.5, 0.6) is 0 Å². The monoisotopic (exact) mass is 432 g/mol. The number of likely N-dealkylation sites (tertiary alicyclic amines) is 1. The topological polar surface area (TPSA) is 86.5 Å². The number of anilines is 1. The molecule has 2 fully saturated rings. The predicted molar refractivity (Wildman–Crippen MR) is 118 cm³/mol. The molecule has 166 valence electrons. The number of nitrogens with zero attached hydrogens (tertiary/aromatic N) is 4. The molecule has 1 aromatic heterocycles. The van der Waals surface area contributed by atoms with Gasteiger partial charge in [-0.25, -0.2) is 4.98 Å². The smallest absolute Gasteiger partial charge is 0.228 e. The Morgan fingerprint density at radius 2 is 2.09 bits per heavy atom. The first-order valence-electron chi connectivity index (χ1n) is 11.4. The molecule has 0 radical (unpaired) electrons. The molecular formula is C25H28N4O3. The highest BCUT2D eigenvalue weighted by Gasteiger charge is 2.45. The van der Waals surface area contributed by atoms with Gasteiger partial charge in [-0.3, -0.25) is 14.5 Å². The van der Waals surface area contributed by atoms with Gasteiger partial charge in [-0.15, -0.1) is 0 Å². The molecule has 1 atom stereocenters. The number of ketones is 1. The van der Waals surface area contributed by atoms with E-state index in [4.69, 9.17) is 10.00 Å². The molecule has 4 aliphatic rings. The average Bonchev–Trinajstić information content (AvgIpc) is 3.39. The number of carbonyl (C=O) groups is 2. The van der Waals surface area contributed by atoms with Crippen molar-refractivity contribution >= 4 is 17.5 Å². The molecule has 7 heteroatoms. The summed E-state index contributed by atoms with van der Waals surface area (Å²) in [5.41, 5.74) is 3.98. The van der Waals surface area contributed by atoms with Crippen molar-refractivity contribution in [2.45, 2.75) is 39.0 Å². The zero-order valence-electron chi connectivity index (χ0n) is 18.5. The standard InChI is InChI=1S/C25H28N4O3/c1-17-20(22(30)10-19-14-32-15-21(17)19)4-7-28-8-5-25(6-9-28)11-24(31)29(16-25)23-3-2-18(12-26)13-27-23/h2-3,13-14,20H,4-11,15-16H2,1H3. The minimum atomic E-state index is 0.00258. The second-order valence-corrected chi connectivity index (χ2v) is 9.62. The number of hydrogen-bond donors (Lipinski definition) is 0. The quantitative estimate of drug-likeness (QED) is 0.727. The molecule has 0 bridgehead atoms. The van der Waals surface area contributed by atoms with Crippen molar-refractivity contribution in [2.75, 3.05) is 37.7 Å². The van der Waals surface area contributed by atoms with Crippen molar-refractivity contribution in [2.24, 2.45) is 11.3 Å². The van der Waals surface area contributed by atoms with Gasteiger partial charge in [0.2, 0.25) is 5.91 Å². The summed E-state index contributed by atoms with van der Waals surface area (Å²) in [6.07, 6.45) is 7.14. The number of nitriles is 1. The number of piperidine rings is 1. The average molecular weight is 433 g/mol. The lowest BCUT2D eigenvalue weighted by molar-refractivity contribution is -0.122. The van der Waals surface area contributed by atoms with Crippen molar-refractivity contribution in [1.82, 2.24) is 9.88 Å². The van der Waals surface area contributed by atoms with Crippen LogP contribution in [0.2, 0.25) is 0 Å². The molecule has 2 saturated heterocycles. The lowest BCUT2D eigenvalue weighted by Crippen LogP contribution is -2.42. The Balaban J connectivity index is 1.17. The molecule has 7 nitrogen and oxygen atoms in total. The highest BCUT2D eigenvalue weighted by molar-refractivity contribution is 5.95. The molecule has 0 aromatic carbocycles. The van der Waals surface area contributed by atoms with Crippen LogP contribution >= 0.6 is 0 Å². The number of rotatable bonds is 4. The van der Waals surface area contributed by atoms with Gasteiger partial charge in [0, 0.05) is 37.1 Å². The molecule has 1 aliphatic carbocycles. The van der Waals surface area contributed by atoms with Gasteiger partial charge < -0.3 is 9.64 Å². The van der Waals surface area contributed by atoms with E-state index in [1.165, 1.54) is 17.3 Å². The highest BCUT2D eigenvalue weighted by atomic mass is 16.5. The maximum atomic E-state index is 12.7. The second kappa shape index (κ2) is 8.18. The molecule has 4 heterocycles. The summed E-state index contributed by atoms with van der Waals surface area (Å²) < 4.78 is 5.43. The molecular weight excluding hydrogens is 404 g/mol. The molecule has 1 aromatic rings. The van der Waals surface area contributed by atoms with Crippen LogP contribution < -0.4 is 4.90 Å². The number of aromatic nitrogens is 1. The largest absolute Gasteiger partial charge is 0.496 e. The summed E-state index contributed by atoms with van der Waals surface area (Å²) in [7, 11) is 0. The lowest BCUT2D eigenvalue weighted by atomic mass is 9.77. The fourth-order valence-electron chi connectivity index (χ4n) is 5.66. The fraction of sp³-hybridized carbons (Fsp3) is 0.520. The molecule has 1 unspecified atom stereocenters. The maximum absolute atomic E-state index is 12.7. The second-order valence-electron chi connectivity index (χ2n) is 9.62. The van der Waals surface area contributed by atoms with E-state index in [0.29, 0.717) is 43.2 Å². The van der Waals surface area contributed by atoms with Gasteiger partial charge in [0.25, 0.3) is 0 Å². The summed E-state index contributed by atoms with van der Waals surface area (Å²) in [6.45, 7) is 6.20. The van der Waals surface area contributed by atoms with E-state index in [2.05, 4.69) is 22.9 Å². The van der Waals surface area contributed by atoms with Gasteiger partial charge in [0.1, 0.15) is 24.3 Å². The van der Waals surface area contributed by atoms with Gasteiger partial charge in [-0.05, 0) is 68.9 Å². The summed E-state index contributed by atoms with van der Waals surface area (Å²) in [5.74, 6) is 1.07. The van der Waals surface area contributed by atoms with E-state index in [1.807, 2.05) is 0 Å². The Kier molecular flexibility index (Phi) is 5.34. The zero-order valence-corrected chi connectivity index (χ0v) is 18.5. The third-order valence-electron chi connectivity index (χ3n) is 7.72. The van der Waals surface area contributed by atoms with E-state index in [1.54, 1.807) is 23.3 Å². The van der Waals surface area contributed by atoms with Crippen LogP contribution in [0, 0.1) is 22.7 Å². The van der Waals surface area contributed by atoms with E-state index in [9.17, 15) is 9.59 Å². The van der Waals surface area contributed by atoms with Crippen LogP contribution in [-0.2, 0) is 14.3 Å². The lowest BCUT2D eigenvalue weighted by Gasteiger charge is -2.39. The molecule has 5 rings (SSSR count). The first kappa shape index (κ1) is 20.9. The number of pyridine rings is 1. The Morgan fingerprint density at radius 1 is 1.28 bits per heavy atom. The zero-order chi connectivity index (χ0) is 22.3. The van der Waals surface area contributed by atoms with E-state index >= 15 is 0 Å². The Bertz CT molecular complexity index is 1040. The number of hydrogen-bond acceptors (Lipinski definition) is 6. The molecule has 1 amide bonds. The van der Waals surface area contributed by atoms with Crippen LogP contribution in [0.3, 0.4) is 0 Å². The Hall–Kier alpha value is -2.98. The molecule has 3 aliphatic heterocycles. The van der Waals surface area contributed by atoms with E-state index < -0.39 is 0 Å². The number of fused-ring (bicyclic) bond motifs is 1. The molecule has 1 spiro atoms. The van der Waals surface area contributed by atoms with E-state index in [-0.39, 0.29) is 17.2 Å². The van der Waals surface area contributed by atoms with Gasteiger partial charge in [0.15, 0.2) is 0 Å². The number of carbonyl (C=O) groups excluding carboxylic acids is 2. The van der Waals surface area contributed by atoms with Crippen molar-refractivity contribution < 1.29 is 14.3 Å². The third kappa shape index (κ3) is 3.73. The first-order valence-corrected chi connectivity index (χ1v) is 11.4. The predicted octanol–water partition coefficient (Wildman–Crippen LogP) is 2.98. The van der Waals surface area contributed by atoms with Crippen LogP contribution in [-0.4, -0.2) is 54.4 Å². The highest BCUT2D eigenvalue weighted by Crippen LogP contribution is 2.43. The summed E-state index contributed by atoms with van der Waals surface area (Å²) in [5, 5.41) is 8.96. The van der Waals surface area contributed by atoms with Gasteiger partial charge >= 0.3 is 0 Å². The molecule has 0 saturated carbocycles. The normalized spacial score (nSPS) is 25.1. The van der Waals surface area contributed by atoms with Crippen molar-refractivity contribution in [3.63, 3.8) is 0 Å². The van der Waals surface area contributed by atoms with Crippen LogP contribution in [0.15, 0.2) is 41.3 Å². The fourth-order valence-corrected chi connectivity index (χ4v) is 5.66. The van der Waals surface area contributed by atoms with Crippen molar-refractivity contribution in [1.29, 1.82) is 5.26 Å². The first-order chi connectivity index (χ1) is 15.5. The summed E-state index contributed by atoms with van der Waals surface area (Å²) in [4.78, 5) is 33.9. The Labute approximate surface area is 188 Å². The SMILES string of the molecule is CC1=C2COC=C2CC(=O)C1CCN1CCC2(CC1)CC(=O)N(c1ccc(C#N)cn1)C2. The van der Waals surface area contributed by atoms with Crippen LogP contribution in [0.4, 0.5) is 5.82 Å². The summed E-state index contributed by atoms with van der Waals surface area (Å²) in [6, 6.07) is 5.54. The number of Topliss-reactive ketones (excluding diaryl/α,β-unsaturated/α-hetero) is 1. The number of amides is 1. The minimum absolute atomic E-state index is 0.00258. The van der Waals surface area contributed by atoms with Crippen molar-refractivity contribution in [3.05, 3.63) is 46.9 Å². The third-order valence-corrected chi connectivity index (χ3v) is 7.72. The molecule has 32 heavy (non-hydrogen) atoms. The van der Waals surface area contributed by atoms with Gasteiger partial charge in [-0.2, -0.15) is 5.26 Å².